The van der Waals surface area contributed by atoms with Crippen LogP contribution in [-0.4, -0.2) is 34.7 Å². The summed E-state index contributed by atoms with van der Waals surface area (Å²) in [5, 5.41) is 0.837. The number of likely N-dealkylation sites (tertiary alicyclic amines) is 1. The second kappa shape index (κ2) is 8.22. The first-order valence-electron chi connectivity index (χ1n) is 11.0. The summed E-state index contributed by atoms with van der Waals surface area (Å²) in [6.07, 6.45) is 5.37. The summed E-state index contributed by atoms with van der Waals surface area (Å²) in [6.45, 7) is 1.11. The first-order valence-corrected chi connectivity index (χ1v) is 11.0. The lowest BCUT2D eigenvalue weighted by Crippen LogP contribution is -2.42. The van der Waals surface area contributed by atoms with Gasteiger partial charge in [0.1, 0.15) is 5.82 Å². The molecule has 2 heterocycles. The molecule has 31 heavy (non-hydrogen) atoms. The topological polar surface area (TPSA) is 50.3 Å². The molecule has 0 radical (unpaired) electrons. The summed E-state index contributed by atoms with van der Waals surface area (Å²) in [5.41, 5.74) is 4.46. The van der Waals surface area contributed by atoms with Gasteiger partial charge in [-0.3, -0.25) is 14.6 Å². The number of carbonyl (C=O) groups is 2. The van der Waals surface area contributed by atoms with Crippen LogP contribution in [0.2, 0.25) is 0 Å². The second-order valence-corrected chi connectivity index (χ2v) is 8.80. The number of hydrogen-bond donors (Lipinski definition) is 0. The van der Waals surface area contributed by atoms with E-state index in [1.54, 1.807) is 23.2 Å². The Hall–Kier alpha value is -3.08. The third-order valence-electron chi connectivity index (χ3n) is 6.81. The number of piperidine rings is 1. The molecule has 5 heteroatoms. The summed E-state index contributed by atoms with van der Waals surface area (Å²) in [7, 11) is 0. The fraction of sp³-hybridized carbons (Fsp3) is 0.346. The average molecular weight is 416 g/mol. The van der Waals surface area contributed by atoms with Crippen LogP contribution in [0.1, 0.15) is 41.9 Å². The predicted octanol–water partition coefficient (Wildman–Crippen LogP) is 4.45. The first kappa shape index (κ1) is 19.9. The van der Waals surface area contributed by atoms with Crippen LogP contribution in [0.4, 0.5) is 4.39 Å². The molecule has 0 saturated carbocycles. The number of Topliss-reactive ketones (excluding diaryl/α,β-unsaturated/α-hetero) is 1. The molecular weight excluding hydrogens is 391 g/mol. The van der Waals surface area contributed by atoms with Crippen molar-refractivity contribution in [1.82, 2.24) is 9.88 Å². The van der Waals surface area contributed by atoms with Gasteiger partial charge in [0, 0.05) is 31.1 Å². The van der Waals surface area contributed by atoms with Crippen LogP contribution in [0.15, 0.2) is 54.7 Å². The molecule has 1 amide bonds. The minimum Gasteiger partial charge on any atom is -0.336 e. The predicted molar refractivity (Wildman–Crippen MR) is 117 cm³/mol. The van der Waals surface area contributed by atoms with Crippen molar-refractivity contribution in [2.75, 3.05) is 13.1 Å². The average Bonchev–Trinajstić information content (AvgIpc) is 3.20. The van der Waals surface area contributed by atoms with Gasteiger partial charge in [0.25, 0.3) is 5.91 Å². The molecule has 3 aromatic rings. The normalized spacial score (nSPS) is 17.1. The highest BCUT2D eigenvalue weighted by molar-refractivity contribution is 6.36. The van der Waals surface area contributed by atoms with Gasteiger partial charge in [0.2, 0.25) is 5.78 Å². The van der Waals surface area contributed by atoms with Crippen molar-refractivity contribution in [1.29, 1.82) is 0 Å². The molecule has 1 aliphatic heterocycles. The van der Waals surface area contributed by atoms with Gasteiger partial charge in [-0.2, -0.15) is 0 Å². The first-order chi connectivity index (χ1) is 15.1. The standard InChI is InChI=1S/C26H25FN2O2/c27-21-5-6-24-23(16-21)22(7-10-28-24)18-8-11-29(12-9-18)26(31)25(30)15-17-13-19-3-1-2-4-20(19)14-17/h1-7,10,16-18H,8-9,11-15H2. The maximum absolute atomic E-state index is 13.8. The van der Waals surface area contributed by atoms with Crippen LogP contribution in [0.25, 0.3) is 10.9 Å². The number of hydrogen-bond acceptors (Lipinski definition) is 3. The highest BCUT2D eigenvalue weighted by Crippen LogP contribution is 2.33. The summed E-state index contributed by atoms with van der Waals surface area (Å²) in [6, 6.07) is 14.9. The number of pyridine rings is 1. The van der Waals surface area contributed by atoms with Crippen molar-refractivity contribution in [3.63, 3.8) is 0 Å². The Morgan fingerprint density at radius 3 is 2.42 bits per heavy atom. The summed E-state index contributed by atoms with van der Waals surface area (Å²) >= 11 is 0. The molecule has 2 aliphatic rings. The van der Waals surface area contributed by atoms with Crippen molar-refractivity contribution in [3.8, 4) is 0 Å². The number of benzene rings is 2. The Labute approximate surface area is 181 Å². The zero-order chi connectivity index (χ0) is 21.4. The zero-order valence-electron chi connectivity index (χ0n) is 17.4. The fourth-order valence-corrected chi connectivity index (χ4v) is 5.21. The van der Waals surface area contributed by atoms with Crippen LogP contribution in [-0.2, 0) is 22.4 Å². The zero-order valence-corrected chi connectivity index (χ0v) is 17.4. The lowest BCUT2D eigenvalue weighted by atomic mass is 9.87. The summed E-state index contributed by atoms with van der Waals surface area (Å²) < 4.78 is 13.8. The number of rotatable bonds is 4. The molecule has 1 aromatic heterocycles. The van der Waals surface area contributed by atoms with Crippen LogP contribution < -0.4 is 0 Å². The van der Waals surface area contributed by atoms with Gasteiger partial charge in [-0.25, -0.2) is 4.39 Å². The second-order valence-electron chi connectivity index (χ2n) is 8.80. The highest BCUT2D eigenvalue weighted by Gasteiger charge is 2.31. The molecule has 0 bridgehead atoms. The van der Waals surface area contributed by atoms with Crippen LogP contribution in [0.3, 0.4) is 0 Å². The number of ketones is 1. The van der Waals surface area contributed by atoms with Crippen molar-refractivity contribution in [2.45, 2.75) is 38.0 Å². The number of halogens is 1. The van der Waals surface area contributed by atoms with Gasteiger partial charge in [0.05, 0.1) is 5.52 Å². The Bertz CT molecular complexity index is 1130. The molecule has 2 aromatic carbocycles. The van der Waals surface area contributed by atoms with Crippen molar-refractivity contribution in [2.24, 2.45) is 5.92 Å². The minimum atomic E-state index is -0.347. The maximum Gasteiger partial charge on any atom is 0.289 e. The molecular formula is C26H25FN2O2. The third-order valence-corrected chi connectivity index (χ3v) is 6.81. The summed E-state index contributed by atoms with van der Waals surface area (Å²) in [4.78, 5) is 31.5. The van der Waals surface area contributed by atoms with E-state index in [0.717, 1.165) is 42.1 Å². The number of carbonyl (C=O) groups excluding carboxylic acids is 2. The molecule has 0 atom stereocenters. The number of fused-ring (bicyclic) bond motifs is 2. The van der Waals surface area contributed by atoms with Gasteiger partial charge in [-0.1, -0.05) is 24.3 Å². The molecule has 0 N–H and O–H groups in total. The molecule has 4 nitrogen and oxygen atoms in total. The molecule has 158 valence electrons. The van der Waals surface area contributed by atoms with Gasteiger partial charge in [-0.15, -0.1) is 0 Å². The van der Waals surface area contributed by atoms with E-state index in [1.807, 2.05) is 18.2 Å². The Morgan fingerprint density at radius 2 is 1.71 bits per heavy atom. The monoisotopic (exact) mass is 416 g/mol. The molecule has 1 fully saturated rings. The number of aromatic nitrogens is 1. The van der Waals surface area contributed by atoms with Crippen molar-refractivity contribution >= 4 is 22.6 Å². The largest absolute Gasteiger partial charge is 0.336 e. The molecule has 1 saturated heterocycles. The number of nitrogens with zero attached hydrogens (tertiary/aromatic N) is 2. The van der Waals surface area contributed by atoms with Crippen LogP contribution in [0, 0.1) is 11.7 Å². The van der Waals surface area contributed by atoms with Crippen molar-refractivity contribution in [3.05, 3.63) is 77.2 Å². The SMILES string of the molecule is O=C(CC1Cc2ccccc2C1)C(=O)N1CCC(c2ccnc3ccc(F)cc23)CC1. The van der Waals surface area contributed by atoms with Crippen LogP contribution >= 0.6 is 0 Å². The van der Waals surface area contributed by atoms with E-state index in [9.17, 15) is 14.0 Å². The van der Waals surface area contributed by atoms with Gasteiger partial charge in [-0.05, 0) is 78.5 Å². The molecule has 0 spiro atoms. The third kappa shape index (κ3) is 3.97. The highest BCUT2D eigenvalue weighted by atomic mass is 19.1. The van der Waals surface area contributed by atoms with E-state index in [1.165, 1.54) is 17.2 Å². The fourth-order valence-electron chi connectivity index (χ4n) is 5.21. The van der Waals surface area contributed by atoms with E-state index in [0.29, 0.717) is 19.5 Å². The lowest BCUT2D eigenvalue weighted by Gasteiger charge is -2.32. The van der Waals surface area contributed by atoms with Gasteiger partial charge < -0.3 is 4.90 Å². The Balaban J connectivity index is 1.20. The minimum absolute atomic E-state index is 0.226. The van der Waals surface area contributed by atoms with E-state index in [2.05, 4.69) is 17.1 Å². The van der Waals surface area contributed by atoms with Gasteiger partial charge >= 0.3 is 0 Å². The number of amides is 1. The van der Waals surface area contributed by atoms with E-state index < -0.39 is 0 Å². The van der Waals surface area contributed by atoms with Crippen molar-refractivity contribution < 1.29 is 14.0 Å². The Morgan fingerprint density at radius 1 is 1.00 bits per heavy atom. The van der Waals surface area contributed by atoms with E-state index >= 15 is 0 Å². The van der Waals surface area contributed by atoms with E-state index in [4.69, 9.17) is 0 Å². The van der Waals surface area contributed by atoms with Gasteiger partial charge in [0.15, 0.2) is 0 Å². The lowest BCUT2D eigenvalue weighted by molar-refractivity contribution is -0.145. The van der Waals surface area contributed by atoms with E-state index in [-0.39, 0.29) is 29.3 Å². The molecule has 5 rings (SSSR count). The maximum atomic E-state index is 13.8. The Kier molecular flexibility index (Phi) is 5.26. The summed E-state index contributed by atoms with van der Waals surface area (Å²) in [5.74, 6) is -0.429. The van der Waals surface area contributed by atoms with Crippen LogP contribution in [0.5, 0.6) is 0 Å². The molecule has 0 unspecified atom stereocenters. The molecule has 1 aliphatic carbocycles. The quantitative estimate of drug-likeness (QED) is 0.591. The smallest absolute Gasteiger partial charge is 0.289 e.